The number of aromatic nitrogens is 1. The predicted octanol–water partition coefficient (Wildman–Crippen LogP) is 2.91. The van der Waals surface area contributed by atoms with Crippen LogP contribution in [0.25, 0.3) is 0 Å². The lowest BCUT2D eigenvalue weighted by Crippen LogP contribution is -2.43. The average Bonchev–Trinajstić information content (AvgIpc) is 2.69. The lowest BCUT2D eigenvalue weighted by atomic mass is 9.97. The fraction of sp³-hybridized carbons (Fsp3) is 0.455. The van der Waals surface area contributed by atoms with Gasteiger partial charge in [0, 0.05) is 44.0 Å². The van der Waals surface area contributed by atoms with Gasteiger partial charge in [0.05, 0.1) is 0 Å². The molecule has 0 saturated carbocycles. The molecule has 0 radical (unpaired) electrons. The summed E-state index contributed by atoms with van der Waals surface area (Å²) >= 11 is 5.95. The van der Waals surface area contributed by atoms with Crippen molar-refractivity contribution in [1.29, 1.82) is 0 Å². The second-order valence-corrected chi connectivity index (χ2v) is 8.06. The van der Waals surface area contributed by atoms with Crippen molar-refractivity contribution < 1.29 is 4.79 Å². The van der Waals surface area contributed by atoms with E-state index in [1.165, 1.54) is 16.2 Å². The number of nitrogens with zero attached hydrogens (tertiary/aromatic N) is 3. The van der Waals surface area contributed by atoms with Crippen LogP contribution < -0.4 is 5.56 Å². The van der Waals surface area contributed by atoms with Gasteiger partial charge in [-0.15, -0.1) is 0 Å². The van der Waals surface area contributed by atoms with Crippen LogP contribution in [0, 0.1) is 5.92 Å². The Hall–Kier alpha value is -2.11. The number of hydrogen-bond donors (Lipinski definition) is 0. The molecule has 1 aliphatic rings. The largest absolute Gasteiger partial charge is 0.344 e. The van der Waals surface area contributed by atoms with Crippen molar-refractivity contribution in [2.75, 3.05) is 33.2 Å². The van der Waals surface area contributed by atoms with Gasteiger partial charge < -0.3 is 14.4 Å². The summed E-state index contributed by atoms with van der Waals surface area (Å²) in [5.41, 5.74) is 1.16. The van der Waals surface area contributed by atoms with Crippen LogP contribution in [-0.2, 0) is 17.8 Å². The van der Waals surface area contributed by atoms with E-state index in [-0.39, 0.29) is 18.0 Å². The van der Waals surface area contributed by atoms with Crippen molar-refractivity contribution in [3.05, 3.63) is 69.6 Å². The molecule has 0 N–H and O–H groups in total. The Bertz CT molecular complexity index is 834. The molecule has 0 unspecified atom stereocenters. The van der Waals surface area contributed by atoms with E-state index in [0.29, 0.717) is 5.92 Å². The molecule has 6 heteroatoms. The van der Waals surface area contributed by atoms with E-state index >= 15 is 0 Å². The molecular weight excluding hydrogens is 374 g/mol. The van der Waals surface area contributed by atoms with Crippen LogP contribution in [-0.4, -0.2) is 53.5 Å². The van der Waals surface area contributed by atoms with E-state index in [1.54, 1.807) is 23.2 Å². The third-order valence-electron chi connectivity index (χ3n) is 5.40. The van der Waals surface area contributed by atoms with Gasteiger partial charge in [0.1, 0.15) is 6.54 Å². The maximum Gasteiger partial charge on any atom is 0.250 e. The summed E-state index contributed by atoms with van der Waals surface area (Å²) in [4.78, 5) is 28.6. The average molecular weight is 402 g/mol. The van der Waals surface area contributed by atoms with Crippen LogP contribution in [0.4, 0.5) is 0 Å². The number of carbonyl (C=O) groups excluding carboxylic acids is 1. The number of halogens is 1. The Kier molecular flexibility index (Phi) is 7.29. The number of piperidine rings is 1. The zero-order valence-corrected chi connectivity index (χ0v) is 17.1. The molecule has 1 aliphatic heterocycles. The van der Waals surface area contributed by atoms with Crippen LogP contribution in [0.5, 0.6) is 0 Å². The Morgan fingerprint density at radius 3 is 2.75 bits per heavy atom. The molecule has 1 fully saturated rings. The third kappa shape index (κ3) is 5.94. The second kappa shape index (κ2) is 9.89. The van der Waals surface area contributed by atoms with Crippen molar-refractivity contribution in [3.63, 3.8) is 0 Å². The molecule has 3 rings (SSSR count). The molecule has 1 aromatic heterocycles. The number of benzene rings is 1. The highest BCUT2D eigenvalue weighted by molar-refractivity contribution is 6.30. The van der Waals surface area contributed by atoms with Gasteiger partial charge in [0.2, 0.25) is 5.91 Å². The standard InChI is InChI=1S/C22H28ClN3O2/c1-24(22(28)17-26-13-3-2-6-21(26)27)15-19-5-4-12-25(16-19)14-11-18-7-9-20(23)10-8-18/h2-3,6-10,13,19H,4-5,11-12,14-17H2,1H3/t19-/m1/s1. The lowest BCUT2D eigenvalue weighted by Gasteiger charge is -2.34. The second-order valence-electron chi connectivity index (χ2n) is 7.63. The molecule has 1 atom stereocenters. The van der Waals surface area contributed by atoms with E-state index < -0.39 is 0 Å². The Morgan fingerprint density at radius 1 is 1.21 bits per heavy atom. The van der Waals surface area contributed by atoms with E-state index in [2.05, 4.69) is 17.0 Å². The highest BCUT2D eigenvalue weighted by Crippen LogP contribution is 2.18. The van der Waals surface area contributed by atoms with E-state index in [1.807, 2.05) is 19.2 Å². The van der Waals surface area contributed by atoms with E-state index in [9.17, 15) is 9.59 Å². The van der Waals surface area contributed by atoms with Crippen LogP contribution >= 0.6 is 11.6 Å². The fourth-order valence-corrected chi connectivity index (χ4v) is 3.91. The first kappa shape index (κ1) is 20.6. The first-order valence-corrected chi connectivity index (χ1v) is 10.3. The molecule has 5 nitrogen and oxygen atoms in total. The quantitative estimate of drug-likeness (QED) is 0.716. The summed E-state index contributed by atoms with van der Waals surface area (Å²) in [6.07, 6.45) is 4.97. The fourth-order valence-electron chi connectivity index (χ4n) is 3.79. The number of amides is 1. The third-order valence-corrected chi connectivity index (χ3v) is 5.65. The molecular formula is C22H28ClN3O2. The first-order chi connectivity index (χ1) is 13.5. The van der Waals surface area contributed by atoms with Crippen molar-refractivity contribution in [2.24, 2.45) is 5.92 Å². The van der Waals surface area contributed by atoms with Gasteiger partial charge in [-0.1, -0.05) is 29.8 Å². The first-order valence-electron chi connectivity index (χ1n) is 9.87. The molecule has 1 saturated heterocycles. The molecule has 0 spiro atoms. The lowest BCUT2D eigenvalue weighted by molar-refractivity contribution is -0.131. The van der Waals surface area contributed by atoms with Gasteiger partial charge in [0.15, 0.2) is 0 Å². The van der Waals surface area contributed by atoms with E-state index in [0.717, 1.165) is 50.5 Å². The predicted molar refractivity (Wildman–Crippen MR) is 113 cm³/mol. The normalized spacial score (nSPS) is 17.4. The summed E-state index contributed by atoms with van der Waals surface area (Å²) in [7, 11) is 1.84. The number of pyridine rings is 1. The SMILES string of the molecule is CN(C[C@H]1CCCN(CCc2ccc(Cl)cc2)C1)C(=O)Cn1ccccc1=O. The van der Waals surface area contributed by atoms with Gasteiger partial charge in [-0.3, -0.25) is 9.59 Å². The Morgan fingerprint density at radius 2 is 2.00 bits per heavy atom. The highest BCUT2D eigenvalue weighted by atomic mass is 35.5. The summed E-state index contributed by atoms with van der Waals surface area (Å²) < 4.78 is 1.46. The van der Waals surface area contributed by atoms with E-state index in [4.69, 9.17) is 11.6 Å². The minimum absolute atomic E-state index is 0.0217. The monoisotopic (exact) mass is 401 g/mol. The minimum atomic E-state index is -0.143. The zero-order chi connectivity index (χ0) is 19.9. The van der Waals surface area contributed by atoms with Crippen LogP contribution in [0.3, 0.4) is 0 Å². The highest BCUT2D eigenvalue weighted by Gasteiger charge is 2.22. The summed E-state index contributed by atoms with van der Waals surface area (Å²) in [5.74, 6) is 0.451. The molecule has 150 valence electrons. The van der Waals surface area contributed by atoms with Crippen molar-refractivity contribution in [3.8, 4) is 0 Å². The van der Waals surface area contributed by atoms with Gasteiger partial charge >= 0.3 is 0 Å². The molecule has 1 aromatic carbocycles. The number of hydrogen-bond acceptors (Lipinski definition) is 3. The topological polar surface area (TPSA) is 45.5 Å². The number of likely N-dealkylation sites (N-methyl/N-ethyl adjacent to an activating group) is 1. The maximum absolute atomic E-state index is 12.5. The van der Waals surface area contributed by atoms with Crippen LogP contribution in [0.1, 0.15) is 18.4 Å². The summed E-state index contributed by atoms with van der Waals surface area (Å²) in [6.45, 7) is 3.98. The maximum atomic E-state index is 12.5. The minimum Gasteiger partial charge on any atom is -0.344 e. The summed E-state index contributed by atoms with van der Waals surface area (Å²) in [6, 6.07) is 13.0. The number of rotatable bonds is 7. The smallest absolute Gasteiger partial charge is 0.250 e. The molecule has 2 aromatic rings. The summed E-state index contributed by atoms with van der Waals surface area (Å²) in [5, 5.41) is 0.771. The van der Waals surface area contributed by atoms with Gasteiger partial charge in [-0.05, 0) is 55.5 Å². The molecule has 2 heterocycles. The number of likely N-dealkylation sites (tertiary alicyclic amines) is 1. The van der Waals surface area contributed by atoms with Crippen molar-refractivity contribution >= 4 is 17.5 Å². The Balaban J connectivity index is 1.47. The van der Waals surface area contributed by atoms with Crippen molar-refractivity contribution in [2.45, 2.75) is 25.8 Å². The van der Waals surface area contributed by atoms with Gasteiger partial charge in [0.25, 0.3) is 5.56 Å². The molecule has 0 bridgehead atoms. The zero-order valence-electron chi connectivity index (χ0n) is 16.4. The number of carbonyl (C=O) groups is 1. The molecule has 0 aliphatic carbocycles. The molecule has 28 heavy (non-hydrogen) atoms. The van der Waals surface area contributed by atoms with Gasteiger partial charge in [-0.2, -0.15) is 0 Å². The van der Waals surface area contributed by atoms with Gasteiger partial charge in [-0.25, -0.2) is 0 Å². The Labute approximate surface area is 171 Å². The van der Waals surface area contributed by atoms with Crippen LogP contribution in [0.15, 0.2) is 53.5 Å². The van der Waals surface area contributed by atoms with Crippen LogP contribution in [0.2, 0.25) is 5.02 Å². The molecule has 1 amide bonds. The van der Waals surface area contributed by atoms with Crippen molar-refractivity contribution in [1.82, 2.24) is 14.4 Å².